The Labute approximate surface area is 121 Å². The highest BCUT2D eigenvalue weighted by Crippen LogP contribution is 2.10. The monoisotopic (exact) mass is 299 g/mol. The Morgan fingerprint density at radius 1 is 1.57 bits per heavy atom. The molecule has 2 N–H and O–H groups in total. The molecule has 0 spiro atoms. The number of carboxylic acid groups (broad SMARTS) is 1. The molecule has 2 amide bonds. The van der Waals surface area contributed by atoms with E-state index in [-0.39, 0.29) is 25.6 Å². The first kappa shape index (κ1) is 16.7. The molecule has 0 aliphatic rings. The minimum atomic E-state index is -0.969. The summed E-state index contributed by atoms with van der Waals surface area (Å²) in [5, 5.41) is 11.3. The van der Waals surface area contributed by atoms with E-state index >= 15 is 0 Å². The molecule has 0 aromatic carbocycles. The van der Waals surface area contributed by atoms with Gasteiger partial charge >= 0.3 is 12.0 Å². The number of amides is 2. The van der Waals surface area contributed by atoms with Gasteiger partial charge in [0.15, 0.2) is 5.82 Å². The predicted octanol–water partition coefficient (Wildman–Crippen LogP) is 0.962. The molecule has 8 heteroatoms. The van der Waals surface area contributed by atoms with Crippen LogP contribution in [0, 0.1) is 11.7 Å². The molecule has 0 aliphatic carbocycles. The molecule has 1 aromatic rings. The minimum Gasteiger partial charge on any atom is -0.481 e. The van der Waals surface area contributed by atoms with Gasteiger partial charge in [0.2, 0.25) is 5.88 Å². The molecule has 0 saturated heterocycles. The molecule has 21 heavy (non-hydrogen) atoms. The number of carbonyl (C=O) groups is 2. The lowest BCUT2D eigenvalue weighted by Crippen LogP contribution is -2.42. The summed E-state index contributed by atoms with van der Waals surface area (Å²) >= 11 is 0. The minimum absolute atomic E-state index is 0.0575. The van der Waals surface area contributed by atoms with Crippen molar-refractivity contribution in [3.63, 3.8) is 0 Å². The maximum Gasteiger partial charge on any atom is 0.317 e. The Bertz CT molecular complexity index is 498. The number of urea groups is 1. The summed E-state index contributed by atoms with van der Waals surface area (Å²) in [6.45, 7) is 1.82. The van der Waals surface area contributed by atoms with E-state index in [1.165, 1.54) is 37.2 Å². The van der Waals surface area contributed by atoms with E-state index in [4.69, 9.17) is 9.84 Å². The van der Waals surface area contributed by atoms with E-state index in [0.717, 1.165) is 0 Å². The molecule has 0 saturated carbocycles. The third-order valence-corrected chi connectivity index (χ3v) is 2.66. The van der Waals surface area contributed by atoms with Gasteiger partial charge in [0.1, 0.15) is 6.61 Å². The second-order valence-corrected chi connectivity index (χ2v) is 4.49. The fourth-order valence-electron chi connectivity index (χ4n) is 1.49. The summed E-state index contributed by atoms with van der Waals surface area (Å²) in [5.74, 6) is -2.32. The molecule has 1 rings (SSSR count). The first-order valence-corrected chi connectivity index (χ1v) is 6.37. The maximum atomic E-state index is 13.2. The van der Waals surface area contributed by atoms with Crippen molar-refractivity contribution in [3.8, 4) is 5.88 Å². The van der Waals surface area contributed by atoms with Crippen LogP contribution in [-0.2, 0) is 4.79 Å². The molecule has 1 unspecified atom stereocenters. The van der Waals surface area contributed by atoms with Gasteiger partial charge in [0, 0.05) is 19.8 Å². The van der Waals surface area contributed by atoms with Gasteiger partial charge in [-0.3, -0.25) is 4.79 Å². The van der Waals surface area contributed by atoms with Crippen molar-refractivity contribution in [2.24, 2.45) is 5.92 Å². The normalized spacial score (nSPS) is 11.6. The van der Waals surface area contributed by atoms with E-state index in [1.807, 2.05) is 0 Å². The first-order chi connectivity index (χ1) is 9.91. The highest BCUT2D eigenvalue weighted by Gasteiger charge is 2.16. The maximum absolute atomic E-state index is 13.2. The topological polar surface area (TPSA) is 91.8 Å². The van der Waals surface area contributed by atoms with Crippen molar-refractivity contribution in [1.29, 1.82) is 0 Å². The number of carbonyl (C=O) groups excluding carboxylic acids is 1. The van der Waals surface area contributed by atoms with E-state index in [0.29, 0.717) is 0 Å². The molecular weight excluding hydrogens is 281 g/mol. The molecule has 0 radical (unpaired) electrons. The third-order valence-electron chi connectivity index (χ3n) is 2.66. The Morgan fingerprint density at radius 3 is 2.90 bits per heavy atom. The zero-order valence-electron chi connectivity index (χ0n) is 11.9. The number of aromatic nitrogens is 1. The van der Waals surface area contributed by atoms with Gasteiger partial charge < -0.3 is 20.1 Å². The van der Waals surface area contributed by atoms with E-state index < -0.39 is 23.7 Å². The SMILES string of the molecule is CC(CN(C)C(=O)NCCOc1ncccc1F)C(=O)O. The number of ether oxygens (including phenoxy) is 1. The number of rotatable bonds is 7. The van der Waals surface area contributed by atoms with Crippen molar-refractivity contribution >= 4 is 12.0 Å². The smallest absolute Gasteiger partial charge is 0.317 e. The number of aliphatic carboxylic acids is 1. The van der Waals surface area contributed by atoms with Crippen LogP contribution in [0.5, 0.6) is 5.88 Å². The Kier molecular flexibility index (Phi) is 6.38. The zero-order chi connectivity index (χ0) is 15.8. The highest BCUT2D eigenvalue weighted by molar-refractivity contribution is 5.75. The van der Waals surface area contributed by atoms with Crippen LogP contribution in [0.25, 0.3) is 0 Å². The van der Waals surface area contributed by atoms with Gasteiger partial charge in [-0.05, 0) is 12.1 Å². The molecule has 7 nitrogen and oxygen atoms in total. The van der Waals surface area contributed by atoms with Crippen molar-refractivity contribution in [3.05, 3.63) is 24.1 Å². The number of carboxylic acids is 1. The molecule has 0 aliphatic heterocycles. The van der Waals surface area contributed by atoms with Crippen LogP contribution in [0.3, 0.4) is 0 Å². The Balaban J connectivity index is 2.27. The lowest BCUT2D eigenvalue weighted by Gasteiger charge is -2.20. The second kappa shape index (κ2) is 8.03. The van der Waals surface area contributed by atoms with Gasteiger partial charge in [-0.15, -0.1) is 0 Å². The Hall–Kier alpha value is -2.38. The van der Waals surface area contributed by atoms with Crippen LogP contribution < -0.4 is 10.1 Å². The summed E-state index contributed by atoms with van der Waals surface area (Å²) in [7, 11) is 1.49. The Morgan fingerprint density at radius 2 is 2.29 bits per heavy atom. The van der Waals surface area contributed by atoms with Crippen LogP contribution in [0.2, 0.25) is 0 Å². The molecule has 0 fully saturated rings. The average molecular weight is 299 g/mol. The van der Waals surface area contributed by atoms with Gasteiger partial charge in [0.25, 0.3) is 0 Å². The quantitative estimate of drug-likeness (QED) is 0.732. The summed E-state index contributed by atoms with van der Waals surface area (Å²) in [6.07, 6.45) is 1.40. The van der Waals surface area contributed by atoms with Crippen LogP contribution in [0.15, 0.2) is 18.3 Å². The van der Waals surface area contributed by atoms with Crippen molar-refractivity contribution in [1.82, 2.24) is 15.2 Å². The average Bonchev–Trinajstić information content (AvgIpc) is 2.44. The van der Waals surface area contributed by atoms with Gasteiger partial charge in [-0.1, -0.05) is 6.92 Å². The summed E-state index contributed by atoms with van der Waals surface area (Å²) in [4.78, 5) is 27.3. The molecular formula is C13H18FN3O4. The van der Waals surface area contributed by atoms with Crippen LogP contribution in [-0.4, -0.2) is 53.7 Å². The van der Waals surface area contributed by atoms with Gasteiger partial charge in [0.05, 0.1) is 12.5 Å². The second-order valence-electron chi connectivity index (χ2n) is 4.49. The fraction of sp³-hybridized carbons (Fsp3) is 0.462. The molecule has 1 aromatic heterocycles. The van der Waals surface area contributed by atoms with Crippen LogP contribution >= 0.6 is 0 Å². The van der Waals surface area contributed by atoms with E-state index in [9.17, 15) is 14.0 Å². The number of hydrogen-bond acceptors (Lipinski definition) is 4. The number of nitrogens with zero attached hydrogens (tertiary/aromatic N) is 2. The summed E-state index contributed by atoms with van der Waals surface area (Å²) in [6, 6.07) is 2.25. The van der Waals surface area contributed by atoms with Gasteiger partial charge in [-0.2, -0.15) is 0 Å². The number of hydrogen-bond donors (Lipinski definition) is 2. The van der Waals surface area contributed by atoms with Crippen LogP contribution in [0.1, 0.15) is 6.92 Å². The van der Waals surface area contributed by atoms with Crippen LogP contribution in [0.4, 0.5) is 9.18 Å². The van der Waals surface area contributed by atoms with Crippen molar-refractivity contribution < 1.29 is 23.8 Å². The summed E-state index contributed by atoms with van der Waals surface area (Å²) in [5.41, 5.74) is 0. The predicted molar refractivity (Wildman–Crippen MR) is 72.5 cm³/mol. The molecule has 116 valence electrons. The number of halogens is 1. The first-order valence-electron chi connectivity index (χ1n) is 6.37. The lowest BCUT2D eigenvalue weighted by atomic mass is 10.2. The highest BCUT2D eigenvalue weighted by atomic mass is 19.1. The zero-order valence-corrected chi connectivity index (χ0v) is 11.9. The molecule has 1 heterocycles. The van der Waals surface area contributed by atoms with Gasteiger partial charge in [-0.25, -0.2) is 14.2 Å². The summed E-state index contributed by atoms with van der Waals surface area (Å²) < 4.78 is 18.3. The molecule has 1 atom stereocenters. The lowest BCUT2D eigenvalue weighted by molar-refractivity contribution is -0.141. The van der Waals surface area contributed by atoms with Crippen molar-refractivity contribution in [2.75, 3.05) is 26.7 Å². The number of pyridine rings is 1. The third kappa shape index (κ3) is 5.64. The fourth-order valence-corrected chi connectivity index (χ4v) is 1.49. The number of nitrogens with one attached hydrogen (secondary N) is 1. The molecule has 0 bridgehead atoms. The standard InChI is InChI=1S/C13H18FN3O4/c1-9(12(18)19)8-17(2)13(20)16-6-7-21-11-10(14)4-3-5-15-11/h3-5,9H,6-8H2,1-2H3,(H,16,20)(H,18,19). The largest absolute Gasteiger partial charge is 0.481 e. The van der Waals surface area contributed by atoms with E-state index in [2.05, 4.69) is 10.3 Å². The van der Waals surface area contributed by atoms with E-state index in [1.54, 1.807) is 0 Å². The van der Waals surface area contributed by atoms with Crippen molar-refractivity contribution in [2.45, 2.75) is 6.92 Å².